The van der Waals surface area contributed by atoms with Crippen LogP contribution in [0.3, 0.4) is 0 Å². The van der Waals surface area contributed by atoms with Crippen molar-refractivity contribution in [2.45, 2.75) is 52.1 Å². The Morgan fingerprint density at radius 2 is 1.85 bits per heavy atom. The number of aryl methyl sites for hydroxylation is 2. The zero-order valence-electron chi connectivity index (χ0n) is 16.0. The predicted octanol–water partition coefficient (Wildman–Crippen LogP) is 6.07. The van der Waals surface area contributed by atoms with Crippen LogP contribution in [0.2, 0.25) is 5.02 Å². The van der Waals surface area contributed by atoms with Crippen LogP contribution in [-0.2, 0) is 24.2 Å². The van der Waals surface area contributed by atoms with Crippen molar-refractivity contribution in [3.05, 3.63) is 57.6 Å². The lowest BCUT2D eigenvalue weighted by Crippen LogP contribution is -2.11. The topological polar surface area (TPSA) is 44.8 Å². The van der Waals surface area contributed by atoms with Gasteiger partial charge in [-0.3, -0.25) is 0 Å². The molecule has 0 atom stereocenters. The van der Waals surface area contributed by atoms with Gasteiger partial charge in [0.1, 0.15) is 18.1 Å². The highest BCUT2D eigenvalue weighted by molar-refractivity contribution is 6.31. The van der Waals surface area contributed by atoms with E-state index in [0.717, 1.165) is 48.1 Å². The van der Waals surface area contributed by atoms with E-state index in [1.54, 1.807) is 6.07 Å². The number of rotatable bonds is 7. The molecule has 0 amide bonds. The van der Waals surface area contributed by atoms with E-state index in [2.05, 4.69) is 30.7 Å². The van der Waals surface area contributed by atoms with Gasteiger partial charge in [0.05, 0.1) is 7.11 Å². The van der Waals surface area contributed by atoms with Crippen LogP contribution in [0.5, 0.6) is 11.5 Å². The Balaban J connectivity index is 1.89. The largest absolute Gasteiger partial charge is 0.513 e. The van der Waals surface area contributed by atoms with Gasteiger partial charge in [0.2, 0.25) is 0 Å². The van der Waals surface area contributed by atoms with Crippen molar-refractivity contribution in [3.8, 4) is 11.5 Å². The molecular weight excluding hydrogens is 364 g/mol. The molecule has 5 heteroatoms. The van der Waals surface area contributed by atoms with Crippen molar-refractivity contribution in [1.29, 1.82) is 0 Å². The van der Waals surface area contributed by atoms with E-state index in [1.165, 1.54) is 12.7 Å². The summed E-state index contributed by atoms with van der Waals surface area (Å²) in [6.45, 7) is 4.50. The second-order valence-corrected chi connectivity index (χ2v) is 7.11. The first kappa shape index (κ1) is 19.6. The Morgan fingerprint density at radius 1 is 1.11 bits per heavy atom. The summed E-state index contributed by atoms with van der Waals surface area (Å²) in [4.78, 5) is 11.6. The van der Waals surface area contributed by atoms with Gasteiger partial charge in [0.15, 0.2) is 0 Å². The van der Waals surface area contributed by atoms with E-state index in [9.17, 15) is 4.79 Å². The standard InChI is InChI=1S/C22H25ClO4/c1-4-14-11-15(5-2)21(12-19(14)23)26-13-18-17(16-9-10-16)7-6-8-20(18)27-22(24)25-3/h6-8,11-12,16H,4-5,9-10,13H2,1-3H3. The molecule has 0 N–H and O–H groups in total. The fourth-order valence-electron chi connectivity index (χ4n) is 3.22. The van der Waals surface area contributed by atoms with Crippen molar-refractivity contribution in [2.24, 2.45) is 0 Å². The number of ether oxygens (including phenoxy) is 3. The number of hydrogen-bond donors (Lipinski definition) is 0. The first-order chi connectivity index (χ1) is 13.1. The Kier molecular flexibility index (Phi) is 6.27. The molecule has 0 aliphatic heterocycles. The molecule has 3 rings (SSSR count). The molecule has 1 aliphatic rings. The predicted molar refractivity (Wildman–Crippen MR) is 106 cm³/mol. The lowest BCUT2D eigenvalue weighted by molar-refractivity contribution is 0.120. The summed E-state index contributed by atoms with van der Waals surface area (Å²) in [5, 5.41) is 0.714. The summed E-state index contributed by atoms with van der Waals surface area (Å²) >= 11 is 6.38. The van der Waals surface area contributed by atoms with Crippen LogP contribution >= 0.6 is 11.6 Å². The average Bonchev–Trinajstić information content (AvgIpc) is 3.51. The van der Waals surface area contributed by atoms with Crippen LogP contribution in [0, 0.1) is 0 Å². The number of benzene rings is 2. The summed E-state index contributed by atoms with van der Waals surface area (Å²) in [6, 6.07) is 9.75. The monoisotopic (exact) mass is 388 g/mol. The fourth-order valence-corrected chi connectivity index (χ4v) is 3.51. The molecule has 1 saturated carbocycles. The van der Waals surface area contributed by atoms with Crippen molar-refractivity contribution < 1.29 is 19.0 Å². The van der Waals surface area contributed by atoms with Gasteiger partial charge in [-0.05, 0) is 60.4 Å². The van der Waals surface area contributed by atoms with Gasteiger partial charge >= 0.3 is 6.16 Å². The molecule has 2 aromatic carbocycles. The summed E-state index contributed by atoms with van der Waals surface area (Å²) in [7, 11) is 1.30. The van der Waals surface area contributed by atoms with Gasteiger partial charge in [-0.2, -0.15) is 0 Å². The zero-order valence-corrected chi connectivity index (χ0v) is 16.8. The second kappa shape index (κ2) is 8.66. The summed E-state index contributed by atoms with van der Waals surface area (Å²) < 4.78 is 16.1. The minimum atomic E-state index is -0.728. The van der Waals surface area contributed by atoms with Gasteiger partial charge in [-0.25, -0.2) is 4.79 Å². The van der Waals surface area contributed by atoms with E-state index in [0.29, 0.717) is 23.3 Å². The molecule has 0 heterocycles. The van der Waals surface area contributed by atoms with E-state index >= 15 is 0 Å². The van der Waals surface area contributed by atoms with E-state index < -0.39 is 6.16 Å². The zero-order chi connectivity index (χ0) is 19.4. The van der Waals surface area contributed by atoms with Crippen LogP contribution in [0.25, 0.3) is 0 Å². The van der Waals surface area contributed by atoms with E-state index in [4.69, 9.17) is 21.1 Å². The Hall–Kier alpha value is -2.20. The molecule has 0 radical (unpaired) electrons. The lowest BCUT2D eigenvalue weighted by Gasteiger charge is -2.17. The highest BCUT2D eigenvalue weighted by atomic mass is 35.5. The first-order valence-corrected chi connectivity index (χ1v) is 9.76. The first-order valence-electron chi connectivity index (χ1n) is 9.39. The second-order valence-electron chi connectivity index (χ2n) is 6.70. The van der Waals surface area contributed by atoms with Crippen LogP contribution in [0.15, 0.2) is 30.3 Å². The number of methoxy groups -OCH3 is 1. The quantitative estimate of drug-likeness (QED) is 0.426. The third-order valence-corrected chi connectivity index (χ3v) is 5.26. The number of carbonyl (C=O) groups excluding carboxylic acids is 1. The SMILES string of the molecule is CCc1cc(CC)c(OCc2c(OC(=O)OC)cccc2C2CC2)cc1Cl. The van der Waals surface area contributed by atoms with Gasteiger partial charge in [0.25, 0.3) is 0 Å². The van der Waals surface area contributed by atoms with Crippen LogP contribution in [0.4, 0.5) is 4.79 Å². The minimum Gasteiger partial charge on any atom is -0.488 e. The van der Waals surface area contributed by atoms with Crippen LogP contribution in [0.1, 0.15) is 54.9 Å². The van der Waals surface area contributed by atoms with Crippen molar-refractivity contribution >= 4 is 17.8 Å². The molecule has 0 aromatic heterocycles. The maximum absolute atomic E-state index is 11.6. The molecular formula is C22H25ClO4. The highest BCUT2D eigenvalue weighted by Crippen LogP contribution is 2.44. The van der Waals surface area contributed by atoms with E-state index in [-0.39, 0.29) is 0 Å². The number of hydrogen-bond acceptors (Lipinski definition) is 4. The number of halogens is 1. The molecule has 1 aliphatic carbocycles. The Morgan fingerprint density at radius 3 is 2.48 bits per heavy atom. The van der Waals surface area contributed by atoms with Gasteiger partial charge in [-0.15, -0.1) is 0 Å². The summed E-state index contributed by atoms with van der Waals surface area (Å²) in [6.07, 6.45) is 3.30. The van der Waals surface area contributed by atoms with Crippen molar-refractivity contribution in [3.63, 3.8) is 0 Å². The minimum absolute atomic E-state index is 0.313. The summed E-state index contributed by atoms with van der Waals surface area (Å²) in [5.41, 5.74) is 4.30. The van der Waals surface area contributed by atoms with E-state index in [1.807, 2.05) is 12.1 Å². The van der Waals surface area contributed by atoms with Crippen molar-refractivity contribution in [1.82, 2.24) is 0 Å². The third kappa shape index (κ3) is 4.56. The molecule has 0 unspecified atom stereocenters. The molecule has 0 spiro atoms. The molecule has 144 valence electrons. The molecule has 0 bridgehead atoms. The van der Waals surface area contributed by atoms with Gasteiger partial charge in [-0.1, -0.05) is 43.6 Å². The van der Waals surface area contributed by atoms with Gasteiger partial charge < -0.3 is 14.2 Å². The maximum atomic E-state index is 11.6. The summed E-state index contributed by atoms with van der Waals surface area (Å²) in [5.74, 6) is 1.76. The van der Waals surface area contributed by atoms with Crippen LogP contribution in [-0.4, -0.2) is 13.3 Å². The Bertz CT molecular complexity index is 827. The molecule has 0 saturated heterocycles. The third-order valence-electron chi connectivity index (χ3n) is 4.91. The highest BCUT2D eigenvalue weighted by Gasteiger charge is 2.28. The molecule has 1 fully saturated rings. The molecule has 27 heavy (non-hydrogen) atoms. The fraction of sp³-hybridized carbons (Fsp3) is 0.409. The maximum Gasteiger partial charge on any atom is 0.513 e. The van der Waals surface area contributed by atoms with Crippen LogP contribution < -0.4 is 9.47 Å². The Labute approximate surface area is 165 Å². The average molecular weight is 389 g/mol. The van der Waals surface area contributed by atoms with Crippen molar-refractivity contribution in [2.75, 3.05) is 7.11 Å². The number of carbonyl (C=O) groups is 1. The lowest BCUT2D eigenvalue weighted by atomic mass is 10.0. The van der Waals surface area contributed by atoms with Gasteiger partial charge in [0, 0.05) is 10.6 Å². The molecule has 2 aromatic rings. The smallest absolute Gasteiger partial charge is 0.488 e. The normalized spacial score (nSPS) is 13.3. The molecule has 4 nitrogen and oxygen atoms in total.